The minimum atomic E-state index is -0.595. The fraction of sp³-hybridized carbons (Fsp3) is 0.538. The zero-order valence-electron chi connectivity index (χ0n) is 11.3. The van der Waals surface area contributed by atoms with Crippen LogP contribution in [0.5, 0.6) is 0 Å². The highest BCUT2D eigenvalue weighted by Gasteiger charge is 2.24. The van der Waals surface area contributed by atoms with Gasteiger partial charge < -0.3 is 11.1 Å². The van der Waals surface area contributed by atoms with Crippen molar-refractivity contribution in [1.82, 2.24) is 10.3 Å². The monoisotopic (exact) mass is 278 g/mol. The number of rotatable bonds is 4. The molecule has 0 bridgehead atoms. The van der Waals surface area contributed by atoms with Gasteiger partial charge in [-0.1, -0.05) is 19.8 Å². The summed E-state index contributed by atoms with van der Waals surface area (Å²) in [5, 5.41) is 13.5. The zero-order chi connectivity index (χ0) is 14.7. The quantitative estimate of drug-likeness (QED) is 0.643. The summed E-state index contributed by atoms with van der Waals surface area (Å²) in [6.45, 7) is 2.75. The fourth-order valence-corrected chi connectivity index (χ4v) is 2.59. The minimum absolute atomic E-state index is 0.00701. The van der Waals surface area contributed by atoms with Gasteiger partial charge >= 0.3 is 0 Å². The van der Waals surface area contributed by atoms with Gasteiger partial charge in [0.2, 0.25) is 0 Å². The highest BCUT2D eigenvalue weighted by molar-refractivity contribution is 5.98. The molecule has 1 aromatic heterocycles. The average molecular weight is 278 g/mol. The standard InChI is InChI=1S/C13H18N4O3/c1-8-3-2-4-9(8)6-16-13(18)11-5-10(17(19)20)7-15-12(11)14/h5,7-9H,2-4,6H2,1H3,(H2,14,15)(H,16,18). The van der Waals surface area contributed by atoms with Crippen molar-refractivity contribution in [1.29, 1.82) is 0 Å². The first-order chi connectivity index (χ1) is 9.49. The average Bonchev–Trinajstić information content (AvgIpc) is 2.81. The molecule has 1 aromatic rings. The Morgan fingerprint density at radius 3 is 2.95 bits per heavy atom. The summed E-state index contributed by atoms with van der Waals surface area (Å²) in [6.07, 6.45) is 4.51. The highest BCUT2D eigenvalue weighted by Crippen LogP contribution is 2.30. The summed E-state index contributed by atoms with van der Waals surface area (Å²) < 4.78 is 0. The van der Waals surface area contributed by atoms with Crippen molar-refractivity contribution in [2.45, 2.75) is 26.2 Å². The smallest absolute Gasteiger partial charge is 0.288 e. The van der Waals surface area contributed by atoms with E-state index in [9.17, 15) is 14.9 Å². The third kappa shape index (κ3) is 3.04. The van der Waals surface area contributed by atoms with E-state index >= 15 is 0 Å². The van der Waals surface area contributed by atoms with Crippen molar-refractivity contribution in [3.63, 3.8) is 0 Å². The van der Waals surface area contributed by atoms with Crippen LogP contribution in [0.1, 0.15) is 36.5 Å². The van der Waals surface area contributed by atoms with Crippen LogP contribution >= 0.6 is 0 Å². The summed E-state index contributed by atoms with van der Waals surface area (Å²) in [7, 11) is 0. The number of carbonyl (C=O) groups excluding carboxylic acids is 1. The van der Waals surface area contributed by atoms with E-state index in [4.69, 9.17) is 5.73 Å². The number of nitrogens with zero attached hydrogens (tertiary/aromatic N) is 2. The van der Waals surface area contributed by atoms with Crippen LogP contribution in [-0.2, 0) is 0 Å². The second-order valence-electron chi connectivity index (χ2n) is 5.26. The largest absolute Gasteiger partial charge is 0.383 e. The molecule has 1 aliphatic rings. The first-order valence-electron chi connectivity index (χ1n) is 6.67. The second kappa shape index (κ2) is 5.85. The number of nitrogens with two attached hydrogens (primary N) is 1. The molecular weight excluding hydrogens is 260 g/mol. The summed E-state index contributed by atoms with van der Waals surface area (Å²) >= 11 is 0. The van der Waals surface area contributed by atoms with Gasteiger partial charge in [-0.25, -0.2) is 4.98 Å². The van der Waals surface area contributed by atoms with Crippen molar-refractivity contribution in [2.24, 2.45) is 11.8 Å². The summed E-state index contributed by atoms with van der Waals surface area (Å²) in [6, 6.07) is 1.16. The van der Waals surface area contributed by atoms with Crippen LogP contribution in [0.15, 0.2) is 12.3 Å². The molecule has 2 unspecified atom stereocenters. The molecule has 1 saturated carbocycles. The van der Waals surface area contributed by atoms with Gasteiger partial charge in [0, 0.05) is 12.6 Å². The van der Waals surface area contributed by atoms with Gasteiger partial charge in [-0.15, -0.1) is 0 Å². The molecule has 1 amide bonds. The molecule has 0 radical (unpaired) electrons. The van der Waals surface area contributed by atoms with E-state index in [-0.39, 0.29) is 17.1 Å². The maximum absolute atomic E-state index is 12.1. The maximum Gasteiger partial charge on any atom is 0.288 e. The molecule has 7 nitrogen and oxygen atoms in total. The van der Waals surface area contributed by atoms with Gasteiger partial charge in [-0.2, -0.15) is 0 Å². The number of anilines is 1. The van der Waals surface area contributed by atoms with Crippen molar-refractivity contribution in [3.05, 3.63) is 27.9 Å². The summed E-state index contributed by atoms with van der Waals surface area (Å²) in [5.41, 5.74) is 5.43. The molecule has 0 spiro atoms. The number of aromatic nitrogens is 1. The lowest BCUT2D eigenvalue weighted by atomic mass is 9.98. The van der Waals surface area contributed by atoms with Gasteiger partial charge in [0.1, 0.15) is 12.0 Å². The van der Waals surface area contributed by atoms with E-state index in [0.29, 0.717) is 18.4 Å². The molecule has 0 aliphatic heterocycles. The number of hydrogen-bond acceptors (Lipinski definition) is 5. The molecule has 7 heteroatoms. The zero-order valence-corrected chi connectivity index (χ0v) is 11.3. The Hall–Kier alpha value is -2.18. The molecule has 2 rings (SSSR count). The minimum Gasteiger partial charge on any atom is -0.383 e. The molecule has 20 heavy (non-hydrogen) atoms. The molecule has 108 valence electrons. The Balaban J connectivity index is 2.05. The fourth-order valence-electron chi connectivity index (χ4n) is 2.59. The number of pyridine rings is 1. The van der Waals surface area contributed by atoms with Crippen LogP contribution in [0.4, 0.5) is 11.5 Å². The third-order valence-electron chi connectivity index (χ3n) is 3.92. The van der Waals surface area contributed by atoms with Gasteiger partial charge in [-0.05, 0) is 18.3 Å². The lowest BCUT2D eigenvalue weighted by molar-refractivity contribution is -0.385. The molecular formula is C13H18N4O3. The van der Waals surface area contributed by atoms with E-state index < -0.39 is 10.8 Å². The predicted octanol–water partition coefficient (Wildman–Crippen LogP) is 1.74. The Bertz CT molecular complexity index is 532. The molecule has 0 saturated heterocycles. The predicted molar refractivity (Wildman–Crippen MR) is 74.1 cm³/mol. The van der Waals surface area contributed by atoms with E-state index in [1.807, 2.05) is 0 Å². The Kier molecular flexibility index (Phi) is 4.16. The molecule has 3 N–H and O–H groups in total. The Morgan fingerprint density at radius 1 is 1.60 bits per heavy atom. The van der Waals surface area contributed by atoms with Gasteiger partial charge in [0.15, 0.2) is 0 Å². The number of nitro groups is 1. The normalized spacial score (nSPS) is 21.6. The van der Waals surface area contributed by atoms with Crippen LogP contribution in [0, 0.1) is 22.0 Å². The third-order valence-corrected chi connectivity index (χ3v) is 3.92. The summed E-state index contributed by atoms with van der Waals surface area (Å²) in [4.78, 5) is 25.8. The molecule has 0 aromatic carbocycles. The van der Waals surface area contributed by atoms with Crippen LogP contribution in [-0.4, -0.2) is 22.4 Å². The number of carbonyl (C=O) groups is 1. The first-order valence-corrected chi connectivity index (χ1v) is 6.67. The molecule has 2 atom stereocenters. The number of hydrogen-bond donors (Lipinski definition) is 2. The molecule has 1 heterocycles. The first kappa shape index (κ1) is 14.2. The van der Waals surface area contributed by atoms with Crippen molar-refractivity contribution in [3.8, 4) is 0 Å². The summed E-state index contributed by atoms with van der Waals surface area (Å²) in [5.74, 6) is 0.660. The van der Waals surface area contributed by atoms with E-state index in [1.54, 1.807) is 0 Å². The number of amides is 1. The topological polar surface area (TPSA) is 111 Å². The SMILES string of the molecule is CC1CCCC1CNC(=O)c1cc([N+](=O)[O-])cnc1N. The Morgan fingerprint density at radius 2 is 2.35 bits per heavy atom. The van der Waals surface area contributed by atoms with Gasteiger partial charge in [0.25, 0.3) is 11.6 Å². The van der Waals surface area contributed by atoms with E-state index in [1.165, 1.54) is 12.8 Å². The van der Waals surface area contributed by atoms with E-state index in [0.717, 1.165) is 18.7 Å². The van der Waals surface area contributed by atoms with Crippen LogP contribution in [0.25, 0.3) is 0 Å². The van der Waals surface area contributed by atoms with Crippen LogP contribution in [0.2, 0.25) is 0 Å². The van der Waals surface area contributed by atoms with Crippen molar-refractivity contribution < 1.29 is 9.72 Å². The van der Waals surface area contributed by atoms with Crippen molar-refractivity contribution in [2.75, 3.05) is 12.3 Å². The molecule has 1 aliphatic carbocycles. The number of nitrogen functional groups attached to an aromatic ring is 1. The van der Waals surface area contributed by atoms with Crippen LogP contribution in [0.3, 0.4) is 0 Å². The highest BCUT2D eigenvalue weighted by atomic mass is 16.6. The van der Waals surface area contributed by atoms with Crippen LogP contribution < -0.4 is 11.1 Å². The lowest BCUT2D eigenvalue weighted by Gasteiger charge is -2.16. The lowest BCUT2D eigenvalue weighted by Crippen LogP contribution is -2.31. The second-order valence-corrected chi connectivity index (χ2v) is 5.26. The Labute approximate surface area is 116 Å². The number of nitrogens with one attached hydrogen (secondary N) is 1. The van der Waals surface area contributed by atoms with Crippen molar-refractivity contribution >= 4 is 17.4 Å². The maximum atomic E-state index is 12.1. The molecule has 1 fully saturated rings. The van der Waals surface area contributed by atoms with Gasteiger partial charge in [-0.3, -0.25) is 14.9 Å². The van der Waals surface area contributed by atoms with E-state index in [2.05, 4.69) is 17.2 Å². The van der Waals surface area contributed by atoms with Gasteiger partial charge in [0.05, 0.1) is 10.5 Å².